The molecule has 1 N–H and O–H groups in total. The molecule has 2 rings (SSSR count). The van der Waals surface area contributed by atoms with Crippen molar-refractivity contribution in [3.05, 3.63) is 53.6 Å². The minimum Gasteiger partial charge on any atom is -0.348 e. The lowest BCUT2D eigenvalue weighted by molar-refractivity contribution is 1.19. The van der Waals surface area contributed by atoms with Crippen molar-refractivity contribution in [1.29, 1.82) is 0 Å². The number of nitrogens with one attached hydrogen (secondary N) is 1. The lowest BCUT2D eigenvalue weighted by Crippen LogP contribution is -1.86. The maximum Gasteiger partial charge on any atom is 0.0925 e. The zero-order chi connectivity index (χ0) is 10.5. The molecule has 2 aromatic rings. The van der Waals surface area contributed by atoms with Crippen molar-refractivity contribution in [3.63, 3.8) is 0 Å². The van der Waals surface area contributed by atoms with Crippen LogP contribution < -0.4 is 0 Å². The van der Waals surface area contributed by atoms with Gasteiger partial charge in [0.05, 0.1) is 12.0 Å². The molecule has 0 bridgehead atoms. The zero-order valence-corrected chi connectivity index (χ0v) is 9.55. The molecule has 1 aromatic heterocycles. The Morgan fingerprint density at radius 1 is 1.20 bits per heavy atom. The lowest BCUT2D eigenvalue weighted by Gasteiger charge is -2.00. The largest absolute Gasteiger partial charge is 0.348 e. The van der Waals surface area contributed by atoms with Crippen molar-refractivity contribution < 1.29 is 0 Å². The smallest absolute Gasteiger partial charge is 0.0925 e. The fourth-order valence-corrected chi connectivity index (χ4v) is 2.39. The van der Waals surface area contributed by atoms with Gasteiger partial charge in [-0.1, -0.05) is 30.3 Å². The Bertz CT molecular complexity index is 409. The highest BCUT2D eigenvalue weighted by Gasteiger charge is 2.00. The topological polar surface area (TPSA) is 28.7 Å². The highest BCUT2D eigenvalue weighted by Crippen LogP contribution is 2.17. The maximum absolute atomic E-state index is 4.27. The Hall–Kier alpha value is -1.22. The summed E-state index contributed by atoms with van der Waals surface area (Å²) in [7, 11) is 0. The van der Waals surface area contributed by atoms with Gasteiger partial charge in [-0.2, -0.15) is 11.8 Å². The van der Waals surface area contributed by atoms with E-state index in [1.54, 1.807) is 6.33 Å². The van der Waals surface area contributed by atoms with Gasteiger partial charge in [0, 0.05) is 17.2 Å². The van der Waals surface area contributed by atoms with E-state index < -0.39 is 0 Å². The molecule has 0 saturated heterocycles. The summed E-state index contributed by atoms with van der Waals surface area (Å²) in [5.41, 5.74) is 3.71. The molecule has 0 radical (unpaired) electrons. The van der Waals surface area contributed by atoms with Gasteiger partial charge >= 0.3 is 0 Å². The third-order valence-corrected chi connectivity index (χ3v) is 3.30. The lowest BCUT2D eigenvalue weighted by atomic mass is 10.2. The van der Waals surface area contributed by atoms with Crippen LogP contribution in [0.25, 0.3) is 0 Å². The Balaban J connectivity index is 1.83. The van der Waals surface area contributed by atoms with Crippen LogP contribution in [0.4, 0.5) is 0 Å². The van der Waals surface area contributed by atoms with Crippen LogP contribution in [0.1, 0.15) is 17.0 Å². The fraction of sp³-hybridized carbons (Fsp3) is 0.250. The van der Waals surface area contributed by atoms with Crippen molar-refractivity contribution in [1.82, 2.24) is 9.97 Å². The summed E-state index contributed by atoms with van der Waals surface area (Å²) >= 11 is 1.90. The molecular weight excluding hydrogens is 204 g/mol. The van der Waals surface area contributed by atoms with E-state index in [1.165, 1.54) is 11.3 Å². The van der Waals surface area contributed by atoms with Gasteiger partial charge in [-0.15, -0.1) is 0 Å². The van der Waals surface area contributed by atoms with E-state index in [9.17, 15) is 0 Å². The first-order chi connectivity index (χ1) is 7.36. The normalized spacial score (nSPS) is 10.5. The molecule has 0 atom stereocenters. The Labute approximate surface area is 94.1 Å². The molecule has 15 heavy (non-hydrogen) atoms. The third-order valence-electron chi connectivity index (χ3n) is 2.28. The minimum absolute atomic E-state index is 0.976. The van der Waals surface area contributed by atoms with E-state index in [-0.39, 0.29) is 0 Å². The molecule has 0 amide bonds. The second-order valence-corrected chi connectivity index (χ2v) is 4.44. The summed E-state index contributed by atoms with van der Waals surface area (Å²) in [6.07, 6.45) is 1.76. The second kappa shape index (κ2) is 5.03. The predicted octanol–water partition coefficient (Wildman–Crippen LogP) is 3.15. The Morgan fingerprint density at radius 3 is 2.67 bits per heavy atom. The summed E-state index contributed by atoms with van der Waals surface area (Å²) in [5.74, 6) is 2.03. The molecular formula is C12H14N2S. The first kappa shape index (κ1) is 10.3. The van der Waals surface area contributed by atoms with Crippen LogP contribution >= 0.6 is 11.8 Å². The highest BCUT2D eigenvalue weighted by molar-refractivity contribution is 7.97. The number of thioether (sulfide) groups is 1. The average Bonchev–Trinajstić information content (AvgIpc) is 2.66. The van der Waals surface area contributed by atoms with Crippen LogP contribution in [0.2, 0.25) is 0 Å². The Morgan fingerprint density at radius 2 is 2.00 bits per heavy atom. The second-order valence-electron chi connectivity index (χ2n) is 3.45. The molecule has 0 saturated carbocycles. The summed E-state index contributed by atoms with van der Waals surface area (Å²) in [4.78, 5) is 7.36. The average molecular weight is 218 g/mol. The zero-order valence-electron chi connectivity index (χ0n) is 8.73. The monoisotopic (exact) mass is 218 g/mol. The van der Waals surface area contributed by atoms with E-state index in [0.29, 0.717) is 0 Å². The molecule has 78 valence electrons. The molecule has 3 heteroatoms. The number of imidazole rings is 1. The summed E-state index contributed by atoms with van der Waals surface area (Å²) in [6, 6.07) is 10.5. The summed E-state index contributed by atoms with van der Waals surface area (Å²) in [5, 5.41) is 0. The number of aromatic amines is 1. The SMILES string of the molecule is Cc1[nH]cnc1CSCc1ccccc1. The maximum atomic E-state index is 4.27. The van der Waals surface area contributed by atoms with Crippen LogP contribution in [0.3, 0.4) is 0 Å². The molecule has 0 spiro atoms. The van der Waals surface area contributed by atoms with E-state index >= 15 is 0 Å². The minimum atomic E-state index is 0.976. The van der Waals surface area contributed by atoms with Gasteiger partial charge in [0.25, 0.3) is 0 Å². The van der Waals surface area contributed by atoms with Crippen molar-refractivity contribution in [2.75, 3.05) is 0 Å². The molecule has 1 heterocycles. The van der Waals surface area contributed by atoms with Gasteiger partial charge in [0.2, 0.25) is 0 Å². The number of rotatable bonds is 4. The third kappa shape index (κ3) is 2.86. The van der Waals surface area contributed by atoms with Crippen molar-refractivity contribution in [2.24, 2.45) is 0 Å². The number of aryl methyl sites for hydroxylation is 1. The molecule has 1 aromatic carbocycles. The quantitative estimate of drug-likeness (QED) is 0.854. The van der Waals surface area contributed by atoms with Crippen LogP contribution in [-0.4, -0.2) is 9.97 Å². The molecule has 0 fully saturated rings. The number of hydrogen-bond donors (Lipinski definition) is 1. The number of hydrogen-bond acceptors (Lipinski definition) is 2. The van der Waals surface area contributed by atoms with Gasteiger partial charge in [-0.05, 0) is 12.5 Å². The Kier molecular flexibility index (Phi) is 3.45. The molecule has 0 unspecified atom stereocenters. The molecule has 2 nitrogen and oxygen atoms in total. The van der Waals surface area contributed by atoms with E-state index in [1.807, 2.05) is 17.8 Å². The van der Waals surface area contributed by atoms with Gasteiger partial charge in [0.1, 0.15) is 0 Å². The highest BCUT2D eigenvalue weighted by atomic mass is 32.2. The van der Waals surface area contributed by atoms with Crippen LogP contribution in [0, 0.1) is 6.92 Å². The molecule has 0 aliphatic rings. The van der Waals surface area contributed by atoms with Gasteiger partial charge in [0.15, 0.2) is 0 Å². The van der Waals surface area contributed by atoms with Gasteiger partial charge in [-0.25, -0.2) is 4.98 Å². The molecule has 0 aliphatic heterocycles. The van der Waals surface area contributed by atoms with Crippen LogP contribution in [0.15, 0.2) is 36.7 Å². The fourth-order valence-electron chi connectivity index (χ4n) is 1.37. The van der Waals surface area contributed by atoms with Crippen molar-refractivity contribution in [2.45, 2.75) is 18.4 Å². The van der Waals surface area contributed by atoms with E-state index in [4.69, 9.17) is 0 Å². The summed E-state index contributed by atoms with van der Waals surface area (Å²) < 4.78 is 0. The summed E-state index contributed by atoms with van der Waals surface area (Å²) in [6.45, 7) is 2.06. The molecule has 0 aliphatic carbocycles. The van der Waals surface area contributed by atoms with Gasteiger partial charge < -0.3 is 4.98 Å². The first-order valence-electron chi connectivity index (χ1n) is 4.97. The number of benzene rings is 1. The van der Waals surface area contributed by atoms with E-state index in [0.717, 1.165) is 17.2 Å². The van der Waals surface area contributed by atoms with Crippen molar-refractivity contribution >= 4 is 11.8 Å². The van der Waals surface area contributed by atoms with Crippen molar-refractivity contribution in [3.8, 4) is 0 Å². The van der Waals surface area contributed by atoms with Gasteiger partial charge in [-0.3, -0.25) is 0 Å². The number of H-pyrrole nitrogens is 1. The first-order valence-corrected chi connectivity index (χ1v) is 6.12. The van der Waals surface area contributed by atoms with E-state index in [2.05, 4.69) is 41.2 Å². The number of aromatic nitrogens is 2. The predicted molar refractivity (Wildman–Crippen MR) is 64.8 cm³/mol. The standard InChI is InChI=1S/C12H14N2S/c1-10-12(14-9-13-10)8-15-7-11-5-3-2-4-6-11/h2-6,9H,7-8H2,1H3,(H,13,14). The van der Waals surface area contributed by atoms with Crippen LogP contribution in [0.5, 0.6) is 0 Å². The van der Waals surface area contributed by atoms with Crippen LogP contribution in [-0.2, 0) is 11.5 Å². The number of nitrogens with zero attached hydrogens (tertiary/aromatic N) is 1.